The first kappa shape index (κ1) is 27.5. The second kappa shape index (κ2) is 11.6. The Kier molecular flexibility index (Phi) is 7.95. The summed E-state index contributed by atoms with van der Waals surface area (Å²) in [7, 11) is 9.67. The van der Waals surface area contributed by atoms with Crippen molar-refractivity contribution in [2.45, 2.75) is 6.42 Å². The number of ether oxygens (including phenoxy) is 2. The zero-order valence-electron chi connectivity index (χ0n) is 23.9. The Bertz CT molecular complexity index is 1540. The van der Waals surface area contributed by atoms with Gasteiger partial charge in [0.15, 0.2) is 0 Å². The van der Waals surface area contributed by atoms with Gasteiger partial charge in [-0.3, -0.25) is 4.79 Å². The summed E-state index contributed by atoms with van der Waals surface area (Å²) in [5, 5.41) is 2.77. The molecule has 1 aromatic heterocycles. The number of nitrogens with one attached hydrogen (secondary N) is 1. The number of likely N-dealkylation sites (N-methyl/N-ethyl adjacent to an activating group) is 3. The molecular formula is C31H37N5O4. The summed E-state index contributed by atoms with van der Waals surface area (Å²) in [4.78, 5) is 37.4. The van der Waals surface area contributed by atoms with Crippen LogP contribution in [0.3, 0.4) is 0 Å². The molecule has 9 nitrogen and oxygen atoms in total. The quantitative estimate of drug-likeness (QED) is 0.336. The van der Waals surface area contributed by atoms with Crippen LogP contribution in [0.2, 0.25) is 0 Å². The van der Waals surface area contributed by atoms with E-state index in [1.54, 1.807) is 16.8 Å². The monoisotopic (exact) mass is 543 g/mol. The molecule has 5 rings (SSSR count). The van der Waals surface area contributed by atoms with E-state index in [0.29, 0.717) is 31.1 Å². The minimum atomic E-state index is -0.429. The molecule has 0 spiro atoms. The van der Waals surface area contributed by atoms with Crippen LogP contribution in [-0.4, -0.2) is 99.7 Å². The SMILES string of the molecule is CN(C)CCOc1ccc2[nH]c(C(=O)N3CCc4c3cc(OC(=O)N(C)CCN(C)C)c3ccccc43)cc2c1. The standard InChI is InChI=1S/C31H37N5O4/c1-33(2)14-15-35(5)31(38)40-29-20-28-24(23-8-6-7-9-25(23)29)12-13-36(28)30(37)27-19-21-18-22(10-11-26(21)32-27)39-17-16-34(3)4/h6-11,18-20,32H,12-17H2,1-5H3. The molecule has 9 heteroatoms. The van der Waals surface area contributed by atoms with Crippen LogP contribution >= 0.6 is 0 Å². The first-order valence-electron chi connectivity index (χ1n) is 13.6. The summed E-state index contributed by atoms with van der Waals surface area (Å²) in [5.74, 6) is 1.10. The molecule has 2 heterocycles. The summed E-state index contributed by atoms with van der Waals surface area (Å²) >= 11 is 0. The Labute approximate surface area is 234 Å². The van der Waals surface area contributed by atoms with Gasteiger partial charge in [0.1, 0.15) is 23.8 Å². The van der Waals surface area contributed by atoms with Crippen LogP contribution < -0.4 is 14.4 Å². The maximum atomic E-state index is 13.8. The Hall–Kier alpha value is -4.08. The van der Waals surface area contributed by atoms with E-state index >= 15 is 0 Å². The van der Waals surface area contributed by atoms with Gasteiger partial charge in [-0.05, 0) is 69.8 Å². The van der Waals surface area contributed by atoms with Gasteiger partial charge in [-0.15, -0.1) is 0 Å². The summed E-state index contributed by atoms with van der Waals surface area (Å²) in [6.07, 6.45) is 0.296. The number of fused-ring (bicyclic) bond motifs is 4. The van der Waals surface area contributed by atoms with E-state index in [4.69, 9.17) is 9.47 Å². The number of carbonyl (C=O) groups is 2. The first-order chi connectivity index (χ1) is 19.2. The van der Waals surface area contributed by atoms with Crippen LogP contribution in [0.4, 0.5) is 10.5 Å². The summed E-state index contributed by atoms with van der Waals surface area (Å²) in [5.41, 5.74) is 3.23. The second-order valence-corrected chi connectivity index (χ2v) is 10.8. The molecule has 1 N–H and O–H groups in total. The molecule has 210 valence electrons. The molecule has 0 saturated heterocycles. The lowest BCUT2D eigenvalue weighted by Gasteiger charge is -2.21. The molecule has 2 amide bonds. The lowest BCUT2D eigenvalue weighted by molar-refractivity contribution is 0.0985. The van der Waals surface area contributed by atoms with Crippen molar-refractivity contribution in [2.24, 2.45) is 0 Å². The highest BCUT2D eigenvalue weighted by Gasteiger charge is 2.30. The molecule has 0 atom stereocenters. The summed E-state index contributed by atoms with van der Waals surface area (Å²) in [6.45, 7) is 3.23. The molecule has 0 radical (unpaired) electrons. The first-order valence-corrected chi connectivity index (χ1v) is 13.6. The van der Waals surface area contributed by atoms with E-state index in [2.05, 4.69) is 9.88 Å². The van der Waals surface area contributed by atoms with Gasteiger partial charge in [0.25, 0.3) is 5.91 Å². The van der Waals surface area contributed by atoms with E-state index in [9.17, 15) is 9.59 Å². The predicted octanol–water partition coefficient (Wildman–Crippen LogP) is 4.46. The van der Waals surface area contributed by atoms with Crippen molar-refractivity contribution >= 4 is 39.4 Å². The largest absolute Gasteiger partial charge is 0.492 e. The normalized spacial score (nSPS) is 12.9. The van der Waals surface area contributed by atoms with Crippen LogP contribution in [-0.2, 0) is 6.42 Å². The third kappa shape index (κ3) is 5.76. The van der Waals surface area contributed by atoms with Gasteiger partial charge in [0.2, 0.25) is 0 Å². The van der Waals surface area contributed by atoms with Crippen LogP contribution in [0, 0.1) is 0 Å². The van der Waals surface area contributed by atoms with Gasteiger partial charge in [-0.1, -0.05) is 24.3 Å². The smallest absolute Gasteiger partial charge is 0.415 e. The Morgan fingerprint density at radius 1 is 0.900 bits per heavy atom. The third-order valence-electron chi connectivity index (χ3n) is 7.24. The number of carbonyl (C=O) groups excluding carboxylic acids is 2. The average Bonchev–Trinajstić information content (AvgIpc) is 3.55. The molecule has 0 saturated carbocycles. The second-order valence-electron chi connectivity index (χ2n) is 10.8. The summed E-state index contributed by atoms with van der Waals surface area (Å²) in [6, 6.07) is 17.4. The van der Waals surface area contributed by atoms with Crippen LogP contribution in [0.5, 0.6) is 11.5 Å². The number of hydrogen-bond acceptors (Lipinski definition) is 6. The molecule has 0 fully saturated rings. The minimum absolute atomic E-state index is 0.124. The maximum absolute atomic E-state index is 13.8. The average molecular weight is 544 g/mol. The lowest BCUT2D eigenvalue weighted by atomic mass is 10.0. The zero-order valence-corrected chi connectivity index (χ0v) is 23.9. The maximum Gasteiger partial charge on any atom is 0.415 e. The van der Waals surface area contributed by atoms with Crippen molar-refractivity contribution < 1.29 is 19.1 Å². The minimum Gasteiger partial charge on any atom is -0.492 e. The summed E-state index contributed by atoms with van der Waals surface area (Å²) < 4.78 is 11.8. The highest BCUT2D eigenvalue weighted by atomic mass is 16.6. The number of rotatable bonds is 9. The van der Waals surface area contributed by atoms with E-state index in [-0.39, 0.29) is 5.91 Å². The fourth-order valence-corrected chi connectivity index (χ4v) is 4.95. The zero-order chi connectivity index (χ0) is 28.4. The van der Waals surface area contributed by atoms with Crippen molar-refractivity contribution in [3.63, 3.8) is 0 Å². The van der Waals surface area contributed by atoms with Crippen LogP contribution in [0.1, 0.15) is 16.1 Å². The van der Waals surface area contributed by atoms with Gasteiger partial charge < -0.3 is 34.1 Å². The van der Waals surface area contributed by atoms with Crippen LogP contribution in [0.15, 0.2) is 54.6 Å². The van der Waals surface area contributed by atoms with Crippen LogP contribution in [0.25, 0.3) is 21.7 Å². The van der Waals surface area contributed by atoms with Crippen molar-refractivity contribution in [3.8, 4) is 11.5 Å². The fraction of sp³-hybridized carbons (Fsp3) is 0.355. The highest BCUT2D eigenvalue weighted by molar-refractivity contribution is 6.11. The number of hydrogen-bond donors (Lipinski definition) is 1. The highest BCUT2D eigenvalue weighted by Crippen LogP contribution is 2.41. The van der Waals surface area contributed by atoms with E-state index in [1.807, 2.05) is 87.7 Å². The number of amides is 2. The van der Waals surface area contributed by atoms with Crippen molar-refractivity contribution in [2.75, 3.05) is 72.9 Å². The predicted molar refractivity (Wildman–Crippen MR) is 159 cm³/mol. The van der Waals surface area contributed by atoms with Gasteiger partial charge in [-0.25, -0.2) is 4.79 Å². The van der Waals surface area contributed by atoms with Crippen molar-refractivity contribution in [1.29, 1.82) is 0 Å². The number of aromatic amines is 1. The molecule has 3 aromatic carbocycles. The molecular weight excluding hydrogens is 506 g/mol. The van der Waals surface area contributed by atoms with E-state index in [0.717, 1.165) is 58.2 Å². The molecule has 4 aromatic rings. The lowest BCUT2D eigenvalue weighted by Crippen LogP contribution is -2.35. The van der Waals surface area contributed by atoms with Gasteiger partial charge >= 0.3 is 6.09 Å². The Balaban J connectivity index is 1.41. The van der Waals surface area contributed by atoms with Crippen molar-refractivity contribution in [1.82, 2.24) is 19.7 Å². The van der Waals surface area contributed by atoms with Gasteiger partial charge in [0, 0.05) is 55.6 Å². The van der Waals surface area contributed by atoms with Gasteiger partial charge in [0.05, 0.1) is 5.69 Å². The molecule has 0 bridgehead atoms. The molecule has 0 aliphatic carbocycles. The molecule has 40 heavy (non-hydrogen) atoms. The number of anilines is 1. The third-order valence-corrected chi connectivity index (χ3v) is 7.24. The van der Waals surface area contributed by atoms with E-state index < -0.39 is 6.09 Å². The number of aromatic nitrogens is 1. The number of nitrogens with zero attached hydrogens (tertiary/aromatic N) is 4. The van der Waals surface area contributed by atoms with E-state index in [1.165, 1.54) is 0 Å². The van der Waals surface area contributed by atoms with Gasteiger partial charge in [-0.2, -0.15) is 0 Å². The number of benzene rings is 3. The fourth-order valence-electron chi connectivity index (χ4n) is 4.95. The van der Waals surface area contributed by atoms with Crippen molar-refractivity contribution in [3.05, 3.63) is 65.9 Å². The Morgan fingerprint density at radius 3 is 2.40 bits per heavy atom. The number of H-pyrrole nitrogens is 1. The molecule has 1 aliphatic heterocycles. The molecule has 0 unspecified atom stereocenters. The Morgan fingerprint density at radius 2 is 1.65 bits per heavy atom. The molecule has 1 aliphatic rings. The topological polar surface area (TPSA) is 81.3 Å².